The van der Waals surface area contributed by atoms with Crippen molar-refractivity contribution in [2.45, 2.75) is 25.8 Å². The highest BCUT2D eigenvalue weighted by molar-refractivity contribution is 9.10. The van der Waals surface area contributed by atoms with Crippen molar-refractivity contribution < 1.29 is 4.74 Å². The maximum Gasteiger partial charge on any atom is 0.136 e. The average Bonchev–Trinajstić information content (AvgIpc) is 2.66. The van der Waals surface area contributed by atoms with Gasteiger partial charge >= 0.3 is 0 Å². The molecule has 2 nitrogen and oxygen atoms in total. The normalized spacial score (nSPS) is 27.5. The minimum atomic E-state index is 0.189. The summed E-state index contributed by atoms with van der Waals surface area (Å²) in [5.41, 5.74) is 7.48. The molecule has 2 rings (SSSR count). The lowest BCUT2D eigenvalue weighted by atomic mass is 10.0. The third kappa shape index (κ3) is 1.58. The van der Waals surface area contributed by atoms with E-state index < -0.39 is 0 Å². The summed E-state index contributed by atoms with van der Waals surface area (Å²) in [6, 6.07) is 6.36. The molecule has 3 heteroatoms. The van der Waals surface area contributed by atoms with Crippen LogP contribution in [-0.4, -0.2) is 13.2 Å². The molecule has 1 aliphatic rings. The molecule has 0 bridgehead atoms. The van der Waals surface area contributed by atoms with Crippen molar-refractivity contribution in [3.05, 3.63) is 28.2 Å². The van der Waals surface area contributed by atoms with E-state index in [9.17, 15) is 0 Å². The van der Waals surface area contributed by atoms with Crippen LogP contribution in [0.4, 0.5) is 0 Å². The molecule has 82 valence electrons. The smallest absolute Gasteiger partial charge is 0.136 e. The van der Waals surface area contributed by atoms with E-state index in [-0.39, 0.29) is 11.5 Å². The molecule has 0 aromatic heterocycles. The van der Waals surface area contributed by atoms with E-state index in [4.69, 9.17) is 10.5 Å². The molecule has 0 amide bonds. The maximum absolute atomic E-state index is 6.08. The first-order valence-corrected chi connectivity index (χ1v) is 5.87. The quantitative estimate of drug-likeness (QED) is 0.896. The van der Waals surface area contributed by atoms with E-state index in [0.29, 0.717) is 5.92 Å². The van der Waals surface area contributed by atoms with Gasteiger partial charge in [0.15, 0.2) is 0 Å². The number of para-hydroxylation sites is 1. The van der Waals surface area contributed by atoms with E-state index in [1.165, 1.54) is 5.56 Å². The number of hydrogen-bond donors (Lipinski definition) is 1. The minimum Gasteiger partial charge on any atom is -0.495 e. The lowest BCUT2D eigenvalue weighted by Gasteiger charge is -2.11. The number of nitrogens with two attached hydrogens (primary N) is 1. The van der Waals surface area contributed by atoms with E-state index in [1.54, 1.807) is 7.11 Å². The fourth-order valence-corrected chi connectivity index (χ4v) is 2.80. The van der Waals surface area contributed by atoms with Crippen LogP contribution in [0.3, 0.4) is 0 Å². The maximum atomic E-state index is 6.08. The number of methoxy groups -OCH3 is 1. The van der Waals surface area contributed by atoms with Gasteiger partial charge in [-0.1, -0.05) is 26.0 Å². The summed E-state index contributed by atoms with van der Waals surface area (Å²) in [4.78, 5) is 0. The Labute approximate surface area is 98.9 Å². The largest absolute Gasteiger partial charge is 0.495 e. The molecule has 0 aliphatic heterocycles. The summed E-state index contributed by atoms with van der Waals surface area (Å²) < 4.78 is 6.41. The Morgan fingerprint density at radius 3 is 2.47 bits per heavy atom. The van der Waals surface area contributed by atoms with Crippen LogP contribution < -0.4 is 10.5 Å². The van der Waals surface area contributed by atoms with Gasteiger partial charge < -0.3 is 10.5 Å². The Hall–Kier alpha value is -0.540. The molecule has 1 saturated carbocycles. The summed E-state index contributed by atoms with van der Waals surface area (Å²) in [5.74, 6) is 1.33. The molecule has 1 aromatic rings. The predicted molar refractivity (Wildman–Crippen MR) is 65.2 cm³/mol. The monoisotopic (exact) mass is 269 g/mol. The van der Waals surface area contributed by atoms with Crippen molar-refractivity contribution in [3.8, 4) is 5.75 Å². The lowest BCUT2D eigenvalue weighted by molar-refractivity contribution is 0.405. The fraction of sp³-hybridized carbons (Fsp3) is 0.500. The Balaban J connectivity index is 2.42. The third-order valence-corrected chi connectivity index (χ3v) is 4.07. The zero-order chi connectivity index (χ0) is 11.2. The van der Waals surface area contributed by atoms with Gasteiger partial charge in [0.05, 0.1) is 11.6 Å². The van der Waals surface area contributed by atoms with Crippen LogP contribution in [0.25, 0.3) is 0 Å². The molecule has 1 aliphatic carbocycles. The second kappa shape index (κ2) is 3.49. The predicted octanol–water partition coefficient (Wildman–Crippen LogP) is 2.91. The van der Waals surface area contributed by atoms with Crippen LogP contribution >= 0.6 is 15.9 Å². The van der Waals surface area contributed by atoms with Gasteiger partial charge in [-0.05, 0) is 27.4 Å². The van der Waals surface area contributed by atoms with Crippen molar-refractivity contribution in [2.75, 3.05) is 7.11 Å². The van der Waals surface area contributed by atoms with Gasteiger partial charge in [0.25, 0.3) is 0 Å². The van der Waals surface area contributed by atoms with E-state index in [1.807, 2.05) is 12.1 Å². The van der Waals surface area contributed by atoms with Gasteiger partial charge in [0, 0.05) is 17.5 Å². The highest BCUT2D eigenvalue weighted by Crippen LogP contribution is 2.59. The van der Waals surface area contributed by atoms with Gasteiger partial charge in [0.1, 0.15) is 5.75 Å². The standard InChI is InChI=1S/C12H16BrNO/c1-12(2)9(11(12)14)7-5-4-6-8(13)10(7)15-3/h4-6,9,11H,14H2,1-3H3. The first-order valence-electron chi connectivity index (χ1n) is 5.08. The zero-order valence-electron chi connectivity index (χ0n) is 9.25. The van der Waals surface area contributed by atoms with Crippen LogP contribution in [-0.2, 0) is 0 Å². The van der Waals surface area contributed by atoms with Gasteiger partial charge in [-0.25, -0.2) is 0 Å². The summed E-state index contributed by atoms with van der Waals surface area (Å²) in [5, 5.41) is 0. The topological polar surface area (TPSA) is 35.2 Å². The molecule has 2 atom stereocenters. The lowest BCUT2D eigenvalue weighted by Crippen LogP contribution is -2.06. The Morgan fingerprint density at radius 2 is 2.00 bits per heavy atom. The van der Waals surface area contributed by atoms with Crippen LogP contribution in [0, 0.1) is 5.41 Å². The van der Waals surface area contributed by atoms with Crippen molar-refractivity contribution in [1.82, 2.24) is 0 Å². The zero-order valence-corrected chi connectivity index (χ0v) is 10.8. The van der Waals surface area contributed by atoms with Gasteiger partial charge in [-0.15, -0.1) is 0 Å². The van der Waals surface area contributed by atoms with E-state index in [2.05, 4.69) is 35.8 Å². The molecule has 0 heterocycles. The second-order valence-corrected chi connectivity index (χ2v) is 5.54. The molecule has 0 saturated heterocycles. The highest BCUT2D eigenvalue weighted by atomic mass is 79.9. The summed E-state index contributed by atoms with van der Waals surface area (Å²) in [7, 11) is 1.70. The van der Waals surface area contributed by atoms with E-state index in [0.717, 1.165) is 10.2 Å². The SMILES string of the molecule is COc1c(Br)cccc1C1C(N)C1(C)C. The molecule has 1 aromatic carbocycles. The molecule has 1 fully saturated rings. The number of halogens is 1. The molecular weight excluding hydrogens is 254 g/mol. The molecule has 2 unspecified atom stereocenters. The van der Waals surface area contributed by atoms with E-state index >= 15 is 0 Å². The summed E-state index contributed by atoms with van der Waals surface area (Å²) in [6.45, 7) is 4.39. The second-order valence-electron chi connectivity index (χ2n) is 4.69. The molecule has 0 spiro atoms. The third-order valence-electron chi connectivity index (χ3n) is 3.45. The van der Waals surface area contributed by atoms with Gasteiger partial charge in [0.2, 0.25) is 0 Å². The first kappa shape index (κ1) is 11.0. The van der Waals surface area contributed by atoms with Crippen LogP contribution in [0.2, 0.25) is 0 Å². The minimum absolute atomic E-state index is 0.189. The number of ether oxygens (including phenoxy) is 1. The van der Waals surface area contributed by atoms with Gasteiger partial charge in [-0.2, -0.15) is 0 Å². The van der Waals surface area contributed by atoms with Crippen LogP contribution in [0.1, 0.15) is 25.3 Å². The Morgan fingerprint density at radius 1 is 1.40 bits per heavy atom. The number of hydrogen-bond acceptors (Lipinski definition) is 2. The van der Waals surface area contributed by atoms with Crippen LogP contribution in [0.5, 0.6) is 5.75 Å². The van der Waals surface area contributed by atoms with Crippen LogP contribution in [0.15, 0.2) is 22.7 Å². The number of benzene rings is 1. The molecule has 0 radical (unpaired) electrons. The Bertz CT molecular complexity index is 389. The highest BCUT2D eigenvalue weighted by Gasteiger charge is 2.57. The van der Waals surface area contributed by atoms with Crippen molar-refractivity contribution >= 4 is 15.9 Å². The number of rotatable bonds is 2. The summed E-state index contributed by atoms with van der Waals surface area (Å²) in [6.07, 6.45) is 0. The Kier molecular flexibility index (Phi) is 2.55. The fourth-order valence-electron chi connectivity index (χ4n) is 2.26. The molecular formula is C12H16BrNO. The summed E-state index contributed by atoms with van der Waals surface area (Å²) >= 11 is 3.50. The molecule has 15 heavy (non-hydrogen) atoms. The first-order chi connectivity index (χ1) is 7.00. The molecule has 2 N–H and O–H groups in total. The average molecular weight is 270 g/mol. The van der Waals surface area contributed by atoms with Gasteiger partial charge in [-0.3, -0.25) is 0 Å². The van der Waals surface area contributed by atoms with Crippen molar-refractivity contribution in [1.29, 1.82) is 0 Å². The van der Waals surface area contributed by atoms with Crippen molar-refractivity contribution in [3.63, 3.8) is 0 Å². The van der Waals surface area contributed by atoms with Crippen molar-refractivity contribution in [2.24, 2.45) is 11.1 Å².